The van der Waals surface area contributed by atoms with Crippen LogP contribution in [0.15, 0.2) is 51.6 Å². The highest BCUT2D eigenvalue weighted by Gasteiger charge is 2.86. The summed E-state index contributed by atoms with van der Waals surface area (Å²) in [5.41, 5.74) is -0.297. The summed E-state index contributed by atoms with van der Waals surface area (Å²) in [4.78, 5) is 0.0811. The molecule has 0 radical (unpaired) electrons. The van der Waals surface area contributed by atoms with Crippen molar-refractivity contribution >= 4 is 30.0 Å². The van der Waals surface area contributed by atoms with Crippen LogP contribution in [-0.4, -0.2) is 42.3 Å². The lowest BCUT2D eigenvalue weighted by Gasteiger charge is -2.67. The van der Waals surface area contributed by atoms with Gasteiger partial charge in [-0.05, 0) is 58.0 Å². The highest BCUT2D eigenvalue weighted by molar-refractivity contribution is 7.86. The molecule has 1 aliphatic heterocycles. The SMILES string of the molecule is COC12OCC3(C)C4=CC[C@@H](C)C4(C(Cl)=C(OS(=O)(=O)c4ccc(C)cc4)C31C)C2O[Si](C)(C)C. The summed E-state index contributed by atoms with van der Waals surface area (Å²) in [5.74, 6) is -0.996. The van der Waals surface area contributed by atoms with Gasteiger partial charge in [0.2, 0.25) is 5.79 Å². The molecule has 1 aromatic carbocycles. The monoisotopic (exact) mass is 538 g/mol. The molecular formula is C26H35ClO6SSi. The van der Waals surface area contributed by atoms with E-state index in [-0.39, 0.29) is 16.6 Å². The van der Waals surface area contributed by atoms with Gasteiger partial charge in [0, 0.05) is 12.5 Å². The van der Waals surface area contributed by atoms with Crippen molar-refractivity contribution in [1.82, 2.24) is 0 Å². The first kappa shape index (κ1) is 25.5. The molecule has 4 bridgehead atoms. The van der Waals surface area contributed by atoms with Crippen molar-refractivity contribution in [2.24, 2.45) is 22.2 Å². The number of allylic oxidation sites excluding steroid dienone is 1. The van der Waals surface area contributed by atoms with Crippen LogP contribution in [-0.2, 0) is 28.2 Å². The van der Waals surface area contributed by atoms with Crippen LogP contribution >= 0.6 is 11.6 Å². The molecule has 4 aliphatic carbocycles. The number of hydrogen-bond acceptors (Lipinski definition) is 6. The van der Waals surface area contributed by atoms with E-state index in [1.165, 1.54) is 0 Å². The second-order valence-electron chi connectivity index (χ2n) is 11.8. The van der Waals surface area contributed by atoms with Crippen LogP contribution in [0.5, 0.6) is 0 Å². The smallest absolute Gasteiger partial charge is 0.338 e. The predicted octanol–water partition coefficient (Wildman–Crippen LogP) is 5.74. The van der Waals surface area contributed by atoms with Gasteiger partial charge in [-0.2, -0.15) is 8.42 Å². The maximum atomic E-state index is 13.6. The number of ether oxygens (including phenoxy) is 2. The van der Waals surface area contributed by atoms with Crippen LogP contribution in [0.4, 0.5) is 0 Å². The minimum Gasteiger partial charge on any atom is -0.408 e. The highest BCUT2D eigenvalue weighted by atomic mass is 35.5. The zero-order valence-corrected chi connectivity index (χ0v) is 24.3. The van der Waals surface area contributed by atoms with Gasteiger partial charge < -0.3 is 18.1 Å². The zero-order valence-electron chi connectivity index (χ0n) is 21.7. The van der Waals surface area contributed by atoms with Crippen molar-refractivity contribution in [2.75, 3.05) is 13.7 Å². The summed E-state index contributed by atoms with van der Waals surface area (Å²) in [6.07, 6.45) is 2.53. The molecule has 9 heteroatoms. The minimum absolute atomic E-state index is 0.0485. The number of hydrogen-bond donors (Lipinski definition) is 0. The van der Waals surface area contributed by atoms with E-state index in [2.05, 4.69) is 39.6 Å². The fourth-order valence-electron chi connectivity index (χ4n) is 7.05. The van der Waals surface area contributed by atoms with E-state index < -0.39 is 46.6 Å². The van der Waals surface area contributed by atoms with Gasteiger partial charge in [0.05, 0.1) is 22.5 Å². The molecule has 6 rings (SSSR count). The van der Waals surface area contributed by atoms with Gasteiger partial charge in [-0.25, -0.2) is 0 Å². The highest BCUT2D eigenvalue weighted by Crippen LogP contribution is 2.81. The number of aryl methyl sites for hydroxylation is 1. The summed E-state index contributed by atoms with van der Waals surface area (Å²) in [5, 5.41) is 0.394. The fraction of sp³-hybridized carbons (Fsp3) is 0.615. The summed E-state index contributed by atoms with van der Waals surface area (Å²) in [6.45, 7) is 14.9. The second-order valence-corrected chi connectivity index (χ2v) is 18.2. The van der Waals surface area contributed by atoms with Crippen LogP contribution in [0.25, 0.3) is 0 Å². The third-order valence-electron chi connectivity index (χ3n) is 8.92. The number of benzene rings is 1. The Bertz CT molecular complexity index is 1250. The van der Waals surface area contributed by atoms with Gasteiger partial charge in [0.1, 0.15) is 16.8 Å². The molecule has 0 amide bonds. The Hall–Kier alpha value is -1.16. The standard InChI is InChI=1S/C26H35ClO6SSi/c1-16-9-12-18(13-10-16)34(28,29)32-21-20(27)25-17(2)11-14-19(25)23(3)15-31-26(30-5,24(21,23)4)22(25)33-35(6,7)8/h9-10,12-14,17,22H,11,15H2,1-8H3/t17-,22?,23?,24?,25?,26?/m1/s1. The van der Waals surface area contributed by atoms with Crippen LogP contribution in [0, 0.1) is 29.1 Å². The lowest BCUT2D eigenvalue weighted by atomic mass is 9.41. The third kappa shape index (κ3) is 2.90. The topological polar surface area (TPSA) is 71.1 Å². The van der Waals surface area contributed by atoms with Gasteiger partial charge >= 0.3 is 10.1 Å². The van der Waals surface area contributed by atoms with Crippen molar-refractivity contribution in [3.05, 3.63) is 52.3 Å². The quantitative estimate of drug-likeness (QED) is 0.261. The normalized spacial score (nSPS) is 40.2. The second kappa shape index (κ2) is 7.45. The van der Waals surface area contributed by atoms with E-state index in [1.807, 2.05) is 13.8 Å². The molecule has 192 valence electrons. The Morgan fingerprint density at radius 2 is 1.77 bits per heavy atom. The van der Waals surface area contributed by atoms with Crippen LogP contribution in [0.2, 0.25) is 19.6 Å². The lowest BCUT2D eigenvalue weighted by Crippen LogP contribution is -2.75. The van der Waals surface area contributed by atoms with E-state index in [0.717, 1.165) is 17.6 Å². The molecule has 1 saturated heterocycles. The molecule has 1 spiro atoms. The Morgan fingerprint density at radius 1 is 1.14 bits per heavy atom. The molecule has 35 heavy (non-hydrogen) atoms. The summed E-state index contributed by atoms with van der Waals surface area (Å²) in [6, 6.07) is 6.62. The van der Waals surface area contributed by atoms with Crippen LogP contribution < -0.4 is 0 Å². The molecule has 5 aliphatic rings. The van der Waals surface area contributed by atoms with Gasteiger partial charge in [-0.1, -0.05) is 54.8 Å². The molecular weight excluding hydrogens is 504 g/mol. The van der Waals surface area contributed by atoms with Gasteiger partial charge in [0.15, 0.2) is 8.32 Å². The third-order valence-corrected chi connectivity index (χ3v) is 11.6. The zero-order chi connectivity index (χ0) is 25.8. The maximum Gasteiger partial charge on any atom is 0.338 e. The van der Waals surface area contributed by atoms with E-state index in [9.17, 15) is 8.42 Å². The van der Waals surface area contributed by atoms with Crippen molar-refractivity contribution < 1.29 is 26.5 Å². The van der Waals surface area contributed by atoms with Gasteiger partial charge in [0.25, 0.3) is 0 Å². The molecule has 2 fully saturated rings. The Morgan fingerprint density at radius 3 is 2.34 bits per heavy atom. The predicted molar refractivity (Wildman–Crippen MR) is 137 cm³/mol. The Labute approximate surface area is 214 Å². The van der Waals surface area contributed by atoms with Crippen molar-refractivity contribution in [3.8, 4) is 0 Å². The van der Waals surface area contributed by atoms with Gasteiger partial charge in [-0.15, -0.1) is 0 Å². The van der Waals surface area contributed by atoms with Crippen molar-refractivity contribution in [1.29, 1.82) is 0 Å². The molecule has 5 unspecified atom stereocenters. The Balaban J connectivity index is 1.79. The Kier molecular flexibility index (Phi) is 5.43. The summed E-state index contributed by atoms with van der Waals surface area (Å²) in [7, 11) is -4.67. The van der Waals surface area contributed by atoms with Crippen molar-refractivity contribution in [3.63, 3.8) is 0 Å². The molecule has 6 atom stereocenters. The first-order valence-corrected chi connectivity index (χ1v) is 17.3. The maximum absolute atomic E-state index is 13.6. The van der Waals surface area contributed by atoms with Crippen LogP contribution in [0.3, 0.4) is 0 Å². The number of methoxy groups -OCH3 is 1. The molecule has 1 aromatic rings. The molecule has 1 saturated carbocycles. The van der Waals surface area contributed by atoms with E-state index in [0.29, 0.717) is 11.6 Å². The first-order valence-electron chi connectivity index (χ1n) is 12.1. The van der Waals surface area contributed by atoms with E-state index >= 15 is 0 Å². The average Bonchev–Trinajstić information content (AvgIpc) is 3.21. The minimum atomic E-state index is -4.16. The fourth-order valence-corrected chi connectivity index (χ4v) is 9.79. The summed E-state index contributed by atoms with van der Waals surface area (Å²) >= 11 is 7.31. The largest absolute Gasteiger partial charge is 0.408 e. The van der Waals surface area contributed by atoms with E-state index in [1.54, 1.807) is 31.4 Å². The number of rotatable bonds is 6. The van der Waals surface area contributed by atoms with Crippen molar-refractivity contribution in [2.45, 2.75) is 70.5 Å². The number of halogens is 1. The molecule has 1 heterocycles. The average molecular weight is 539 g/mol. The van der Waals surface area contributed by atoms with Gasteiger partial charge in [-0.3, -0.25) is 0 Å². The van der Waals surface area contributed by atoms with Crippen LogP contribution in [0.1, 0.15) is 32.8 Å². The van der Waals surface area contributed by atoms with E-state index in [4.69, 9.17) is 29.7 Å². The molecule has 0 N–H and O–H groups in total. The first-order chi connectivity index (χ1) is 16.1. The molecule has 0 aromatic heterocycles. The molecule has 6 nitrogen and oxygen atoms in total. The lowest BCUT2D eigenvalue weighted by molar-refractivity contribution is -0.318. The summed E-state index contributed by atoms with van der Waals surface area (Å²) < 4.78 is 52.9.